The van der Waals surface area contributed by atoms with E-state index in [1.54, 1.807) is 6.92 Å². The quantitative estimate of drug-likeness (QED) is 0.465. The Morgan fingerprint density at radius 2 is 1.89 bits per heavy atom. The third-order valence-electron chi connectivity index (χ3n) is 3.01. The van der Waals surface area contributed by atoms with Gasteiger partial charge in [-0.3, -0.25) is 9.69 Å². The minimum absolute atomic E-state index is 0.00182. The summed E-state index contributed by atoms with van der Waals surface area (Å²) in [5.74, 6) is 0.884. The number of nitrogens with one attached hydrogen (secondary N) is 1. The number of aromatic nitrogens is 2. The molecule has 0 amide bonds. The standard InChI is InChI=1S/C14H24N4O/c1-10-9-11(2)17-14(16-10)15-8-6-7-13(12(3)19)18(4)5/h9,13H,6-8H2,1-5H3,(H,15,16,17)/i4+1,5+1,16+1,17+1,19+2. The summed E-state index contributed by atoms with van der Waals surface area (Å²) in [6, 6.07) is 1.95. The molecule has 5 nitrogen and oxygen atoms in total. The van der Waals surface area contributed by atoms with Crippen LogP contribution in [0, 0.1) is 13.8 Å². The fourth-order valence-corrected chi connectivity index (χ4v) is 2.13. The van der Waals surface area contributed by atoms with Gasteiger partial charge >= 0.3 is 0 Å². The number of nitrogens with zero attached hydrogens (tertiary/aromatic N) is 3. The first kappa shape index (κ1) is 15.6. The molecule has 0 spiro atoms. The van der Waals surface area contributed by atoms with E-state index in [0.717, 1.165) is 30.8 Å². The molecule has 0 aliphatic rings. The van der Waals surface area contributed by atoms with Gasteiger partial charge in [-0.15, -0.1) is 0 Å². The van der Waals surface area contributed by atoms with E-state index < -0.39 is 0 Å². The molecular formula is C14H24N4O. The number of aryl methyl sites for hydroxylation is 2. The van der Waals surface area contributed by atoms with E-state index >= 15 is 0 Å². The molecular weight excluding hydrogens is 246 g/mol. The Bertz CT molecular complexity index is 411. The van der Waals surface area contributed by atoms with Crippen molar-refractivity contribution in [2.24, 2.45) is 0 Å². The number of anilines is 1. The highest BCUT2D eigenvalue weighted by atomic mass is 18.1. The van der Waals surface area contributed by atoms with Crippen LogP contribution in [0.5, 0.6) is 0 Å². The van der Waals surface area contributed by atoms with Crippen LogP contribution in [0.25, 0.3) is 0 Å². The molecule has 1 unspecified atom stereocenters. The summed E-state index contributed by atoms with van der Waals surface area (Å²) < 4.78 is 0. The van der Waals surface area contributed by atoms with Crippen molar-refractivity contribution in [3.8, 4) is 0 Å². The number of carbonyl (C=O) groups excluding carboxylic acids is 1. The van der Waals surface area contributed by atoms with Crippen molar-refractivity contribution in [1.82, 2.24) is 14.9 Å². The molecule has 19 heavy (non-hydrogen) atoms. The van der Waals surface area contributed by atoms with Crippen molar-refractivity contribution in [3.05, 3.63) is 17.5 Å². The van der Waals surface area contributed by atoms with Crippen LogP contribution < -0.4 is 5.32 Å². The van der Waals surface area contributed by atoms with Gasteiger partial charge in [-0.05, 0) is 53.8 Å². The van der Waals surface area contributed by atoms with Gasteiger partial charge < -0.3 is 5.32 Å². The van der Waals surface area contributed by atoms with Gasteiger partial charge in [0.1, 0.15) is 5.78 Å². The molecule has 0 fully saturated rings. The highest BCUT2D eigenvalue weighted by Crippen LogP contribution is 2.07. The number of hydrogen-bond donors (Lipinski definition) is 1. The molecule has 1 aromatic heterocycles. The van der Waals surface area contributed by atoms with Gasteiger partial charge in [0.15, 0.2) is 0 Å². The average molecular weight is 270 g/mol. The fraction of sp³-hybridized carbons (Fsp3) is 0.643. The molecule has 106 valence electrons. The Kier molecular flexibility index (Phi) is 5.89. The molecule has 0 aliphatic carbocycles. The number of carbonyl (C=O) groups is 1. The first-order valence-electron chi connectivity index (χ1n) is 6.63. The predicted molar refractivity (Wildman–Crippen MR) is 77.4 cm³/mol. The van der Waals surface area contributed by atoms with Crippen molar-refractivity contribution in [1.29, 1.82) is 0 Å². The molecule has 0 bridgehead atoms. The van der Waals surface area contributed by atoms with E-state index in [0.29, 0.717) is 5.95 Å². The summed E-state index contributed by atoms with van der Waals surface area (Å²) in [5, 5.41) is 3.21. The monoisotopic (exact) mass is 270 g/mol. The van der Waals surface area contributed by atoms with Gasteiger partial charge in [0.2, 0.25) is 5.95 Å². The van der Waals surface area contributed by atoms with E-state index in [1.807, 2.05) is 38.9 Å². The SMILES string of the molecule is CC(=[18O])C(CCCNc1[15n]c(C)cc(C)[15n]1)N([13CH3])[13CH3]. The van der Waals surface area contributed by atoms with Gasteiger partial charge in [0.05, 0.1) is 6.04 Å². The number of Topliss-reactive ketones (excluding diaryl/α,β-unsaturated/α-hetero) is 1. The summed E-state index contributed by atoms with van der Waals surface area (Å²) in [6.45, 7) is 6.33. The lowest BCUT2D eigenvalue weighted by atomic mass is 10.1. The van der Waals surface area contributed by atoms with Crippen LogP contribution in [-0.2, 0) is 4.79 Å². The number of hydrogen-bond acceptors (Lipinski definition) is 5. The number of ketones is 1. The smallest absolute Gasteiger partial charge is 0.223 e. The summed E-state index contributed by atoms with van der Waals surface area (Å²) in [7, 11) is 3.87. The number of rotatable bonds is 7. The zero-order chi connectivity index (χ0) is 14.4. The first-order chi connectivity index (χ1) is 8.90. The van der Waals surface area contributed by atoms with Crippen LogP contribution in [0.15, 0.2) is 6.07 Å². The molecule has 0 saturated heterocycles. The van der Waals surface area contributed by atoms with Crippen LogP contribution in [0.1, 0.15) is 31.2 Å². The minimum Gasteiger partial charge on any atom is -0.354 e. The van der Waals surface area contributed by atoms with E-state index in [9.17, 15) is 4.79 Å². The normalized spacial score (nSPS) is 12.5. The van der Waals surface area contributed by atoms with Crippen molar-refractivity contribution < 1.29 is 4.79 Å². The van der Waals surface area contributed by atoms with Crippen molar-refractivity contribution in [2.75, 3.05) is 26.0 Å². The third kappa shape index (κ3) is 5.34. The highest BCUT2D eigenvalue weighted by Gasteiger charge is 2.15. The molecule has 1 atom stereocenters. The summed E-state index contributed by atoms with van der Waals surface area (Å²) in [4.78, 5) is 22.1. The molecule has 0 radical (unpaired) electrons. The fourth-order valence-electron chi connectivity index (χ4n) is 2.13. The van der Waals surface area contributed by atoms with Crippen molar-refractivity contribution >= 4 is 11.7 Å². The molecule has 0 aromatic carbocycles. The van der Waals surface area contributed by atoms with E-state index in [1.165, 1.54) is 0 Å². The Hall–Kier alpha value is -1.49. The lowest BCUT2D eigenvalue weighted by Gasteiger charge is -2.21. The Labute approximate surface area is 115 Å². The Balaban J connectivity index is 2.40. The maximum Gasteiger partial charge on any atom is 0.223 e. The average Bonchev–Trinajstić information content (AvgIpc) is 2.26. The summed E-state index contributed by atoms with van der Waals surface area (Å²) >= 11 is 0. The van der Waals surface area contributed by atoms with Crippen LogP contribution in [0.2, 0.25) is 0 Å². The van der Waals surface area contributed by atoms with Crippen molar-refractivity contribution in [2.45, 2.75) is 39.7 Å². The van der Waals surface area contributed by atoms with E-state index in [4.69, 9.17) is 0 Å². The van der Waals surface area contributed by atoms with Gasteiger partial charge in [0, 0.05) is 17.9 Å². The highest BCUT2D eigenvalue weighted by molar-refractivity contribution is 5.81. The maximum atomic E-state index is 11.5. The second kappa shape index (κ2) is 7.19. The molecule has 0 saturated carbocycles. The van der Waals surface area contributed by atoms with Gasteiger partial charge in [-0.1, -0.05) is 0 Å². The summed E-state index contributed by atoms with van der Waals surface area (Å²) in [5.41, 5.74) is 1.93. The van der Waals surface area contributed by atoms with Crippen LogP contribution in [0.3, 0.4) is 0 Å². The van der Waals surface area contributed by atoms with Crippen LogP contribution in [0.4, 0.5) is 5.95 Å². The van der Waals surface area contributed by atoms with Gasteiger partial charge in [0.25, 0.3) is 0 Å². The van der Waals surface area contributed by atoms with Crippen LogP contribution >= 0.6 is 0 Å². The Morgan fingerprint density at radius 3 is 2.37 bits per heavy atom. The lowest BCUT2D eigenvalue weighted by Crippen LogP contribution is -2.34. The molecule has 5 heteroatoms. The molecule has 1 rings (SSSR count). The molecule has 1 N–H and O–H groups in total. The van der Waals surface area contributed by atoms with Gasteiger partial charge in [-0.2, -0.15) is 0 Å². The largest absolute Gasteiger partial charge is 0.354 e. The van der Waals surface area contributed by atoms with Crippen LogP contribution in [-0.4, -0.2) is 47.3 Å². The zero-order valence-corrected chi connectivity index (χ0v) is 12.5. The maximum absolute atomic E-state index is 11.5. The van der Waals surface area contributed by atoms with Crippen molar-refractivity contribution in [3.63, 3.8) is 0 Å². The molecule has 0 aliphatic heterocycles. The molecule has 1 aromatic rings. The topological polar surface area (TPSA) is 58.1 Å². The predicted octanol–water partition coefficient (Wildman–Crippen LogP) is 1.80. The molecule has 1 heterocycles. The lowest BCUT2D eigenvalue weighted by molar-refractivity contribution is -0.121. The zero-order valence-electron chi connectivity index (χ0n) is 12.5. The second-order valence-corrected chi connectivity index (χ2v) is 5.13. The minimum atomic E-state index is 0.00182. The first-order valence-corrected chi connectivity index (χ1v) is 6.63. The van der Waals surface area contributed by atoms with E-state index in [2.05, 4.69) is 15.3 Å². The van der Waals surface area contributed by atoms with E-state index in [-0.39, 0.29) is 11.8 Å². The van der Waals surface area contributed by atoms with Gasteiger partial charge in [-0.25, -0.2) is 9.97 Å². The summed E-state index contributed by atoms with van der Waals surface area (Å²) in [6.07, 6.45) is 1.76. The number of likely N-dealkylation sites (N-methyl/N-ethyl adjacent to an activating group) is 1. The second-order valence-electron chi connectivity index (χ2n) is 5.13. The Morgan fingerprint density at radius 1 is 1.32 bits per heavy atom. The third-order valence-corrected chi connectivity index (χ3v) is 3.01.